The quantitative estimate of drug-likeness (QED) is 0.571. The van der Waals surface area contributed by atoms with Crippen molar-refractivity contribution in [3.05, 3.63) is 5.82 Å². The molecule has 17 heavy (non-hydrogen) atoms. The summed E-state index contributed by atoms with van der Waals surface area (Å²) in [5.41, 5.74) is 0. The van der Waals surface area contributed by atoms with Crippen molar-refractivity contribution in [3.8, 4) is 0 Å². The van der Waals surface area contributed by atoms with Gasteiger partial charge in [0.15, 0.2) is 5.82 Å². The number of methoxy groups -OCH3 is 1. The molecule has 1 rings (SSSR count). The fourth-order valence-corrected chi connectivity index (χ4v) is 1.29. The van der Waals surface area contributed by atoms with Crippen LogP contribution in [0.15, 0.2) is 0 Å². The topological polar surface area (TPSA) is 74.1 Å². The number of rotatable bonds is 10. The molecule has 0 aliphatic heterocycles. The zero-order valence-corrected chi connectivity index (χ0v) is 10.6. The van der Waals surface area contributed by atoms with Crippen molar-refractivity contribution < 1.29 is 9.47 Å². The first-order valence-corrected chi connectivity index (χ1v) is 5.83. The molecule has 0 saturated heterocycles. The first-order chi connectivity index (χ1) is 8.33. The van der Waals surface area contributed by atoms with Crippen LogP contribution in [0.2, 0.25) is 0 Å². The van der Waals surface area contributed by atoms with Crippen LogP contribution in [0.5, 0.6) is 0 Å². The fourth-order valence-electron chi connectivity index (χ4n) is 1.29. The number of nitrogens with one attached hydrogen (secondary N) is 1. The summed E-state index contributed by atoms with van der Waals surface area (Å²) in [4.78, 5) is 1.46. The second-order valence-electron chi connectivity index (χ2n) is 3.68. The Kier molecular flexibility index (Phi) is 7.44. The van der Waals surface area contributed by atoms with Gasteiger partial charge in [0.05, 0.1) is 26.8 Å². The van der Waals surface area contributed by atoms with Crippen LogP contribution in [0.3, 0.4) is 0 Å². The molecule has 0 aromatic carbocycles. The van der Waals surface area contributed by atoms with Crippen LogP contribution in [0.4, 0.5) is 0 Å². The molecule has 98 valence electrons. The van der Waals surface area contributed by atoms with E-state index < -0.39 is 0 Å². The standard InChI is InChI=1S/C10H21N5O2/c1-15-13-10(12-14-15)9-11-5-3-4-6-17-8-7-16-2/h11H,3-9H2,1-2H3. The zero-order valence-electron chi connectivity index (χ0n) is 10.6. The number of hydrogen-bond donors (Lipinski definition) is 1. The lowest BCUT2D eigenvalue weighted by atomic mass is 10.3. The smallest absolute Gasteiger partial charge is 0.188 e. The number of ether oxygens (including phenoxy) is 2. The van der Waals surface area contributed by atoms with E-state index in [9.17, 15) is 0 Å². The van der Waals surface area contributed by atoms with Crippen molar-refractivity contribution in [2.45, 2.75) is 19.4 Å². The molecule has 0 saturated carbocycles. The lowest BCUT2D eigenvalue weighted by Crippen LogP contribution is -2.16. The van der Waals surface area contributed by atoms with E-state index in [-0.39, 0.29) is 0 Å². The van der Waals surface area contributed by atoms with Gasteiger partial charge in [-0.25, -0.2) is 0 Å². The molecule has 0 spiro atoms. The van der Waals surface area contributed by atoms with Gasteiger partial charge in [0.25, 0.3) is 0 Å². The number of nitrogens with zero attached hydrogens (tertiary/aromatic N) is 4. The van der Waals surface area contributed by atoms with Gasteiger partial charge in [0.1, 0.15) is 0 Å². The van der Waals surface area contributed by atoms with Crippen molar-refractivity contribution in [2.75, 3.05) is 33.5 Å². The Morgan fingerprint density at radius 2 is 2.12 bits per heavy atom. The van der Waals surface area contributed by atoms with E-state index in [1.165, 1.54) is 4.80 Å². The minimum Gasteiger partial charge on any atom is -0.382 e. The van der Waals surface area contributed by atoms with Gasteiger partial charge in [-0.1, -0.05) is 0 Å². The summed E-state index contributed by atoms with van der Waals surface area (Å²) in [5, 5.41) is 15.0. The molecule has 0 aliphatic rings. The van der Waals surface area contributed by atoms with Crippen LogP contribution in [0, 0.1) is 0 Å². The van der Waals surface area contributed by atoms with E-state index in [0.717, 1.165) is 31.8 Å². The SMILES string of the molecule is COCCOCCCCNCc1nnn(C)n1. The lowest BCUT2D eigenvalue weighted by molar-refractivity contribution is 0.0688. The largest absolute Gasteiger partial charge is 0.382 e. The summed E-state index contributed by atoms with van der Waals surface area (Å²) in [5.74, 6) is 0.726. The van der Waals surface area contributed by atoms with E-state index in [4.69, 9.17) is 9.47 Å². The van der Waals surface area contributed by atoms with Crippen LogP contribution >= 0.6 is 0 Å². The first-order valence-electron chi connectivity index (χ1n) is 5.83. The summed E-state index contributed by atoms with van der Waals surface area (Å²) >= 11 is 0. The molecule has 1 heterocycles. The number of hydrogen-bond acceptors (Lipinski definition) is 6. The molecule has 0 radical (unpaired) electrons. The Balaban J connectivity index is 1.84. The third-order valence-corrected chi connectivity index (χ3v) is 2.16. The van der Waals surface area contributed by atoms with E-state index in [1.807, 2.05) is 0 Å². The highest BCUT2D eigenvalue weighted by atomic mass is 16.5. The second-order valence-corrected chi connectivity index (χ2v) is 3.68. The highest BCUT2D eigenvalue weighted by Crippen LogP contribution is 1.90. The molecule has 1 N–H and O–H groups in total. The normalized spacial score (nSPS) is 10.9. The summed E-state index contributed by atoms with van der Waals surface area (Å²) in [7, 11) is 3.43. The van der Waals surface area contributed by atoms with Crippen LogP contribution in [0.1, 0.15) is 18.7 Å². The maximum absolute atomic E-state index is 5.35. The molecule has 1 aromatic rings. The molecule has 0 bridgehead atoms. The number of aryl methyl sites for hydroxylation is 1. The Morgan fingerprint density at radius 3 is 2.82 bits per heavy atom. The molecule has 0 amide bonds. The zero-order chi connectivity index (χ0) is 12.3. The lowest BCUT2D eigenvalue weighted by Gasteiger charge is -2.04. The van der Waals surface area contributed by atoms with E-state index in [2.05, 4.69) is 20.7 Å². The fraction of sp³-hybridized carbons (Fsp3) is 0.900. The molecular formula is C10H21N5O2. The monoisotopic (exact) mass is 243 g/mol. The highest BCUT2D eigenvalue weighted by molar-refractivity contribution is 4.74. The predicted molar refractivity (Wildman–Crippen MR) is 62.4 cm³/mol. The van der Waals surface area contributed by atoms with Crippen LogP contribution in [-0.4, -0.2) is 53.7 Å². The van der Waals surface area contributed by atoms with Crippen molar-refractivity contribution in [3.63, 3.8) is 0 Å². The maximum Gasteiger partial charge on any atom is 0.188 e. The summed E-state index contributed by atoms with van der Waals surface area (Å²) < 4.78 is 10.2. The number of aromatic nitrogens is 4. The van der Waals surface area contributed by atoms with Crippen molar-refractivity contribution in [2.24, 2.45) is 7.05 Å². The molecule has 0 fully saturated rings. The van der Waals surface area contributed by atoms with E-state index in [0.29, 0.717) is 19.8 Å². The van der Waals surface area contributed by atoms with Crippen LogP contribution in [0.25, 0.3) is 0 Å². The minimum absolute atomic E-state index is 0.663. The molecule has 7 heteroatoms. The Labute approximate surface area is 101 Å². The van der Waals surface area contributed by atoms with E-state index >= 15 is 0 Å². The Hall–Kier alpha value is -1.05. The van der Waals surface area contributed by atoms with Gasteiger partial charge < -0.3 is 14.8 Å². The van der Waals surface area contributed by atoms with Gasteiger partial charge in [0.2, 0.25) is 0 Å². The van der Waals surface area contributed by atoms with Gasteiger partial charge in [0, 0.05) is 13.7 Å². The maximum atomic E-state index is 5.35. The molecule has 0 unspecified atom stereocenters. The third-order valence-electron chi connectivity index (χ3n) is 2.16. The highest BCUT2D eigenvalue weighted by Gasteiger charge is 1.98. The van der Waals surface area contributed by atoms with Crippen molar-refractivity contribution in [1.29, 1.82) is 0 Å². The van der Waals surface area contributed by atoms with Crippen LogP contribution in [-0.2, 0) is 23.1 Å². The van der Waals surface area contributed by atoms with Crippen molar-refractivity contribution in [1.82, 2.24) is 25.5 Å². The van der Waals surface area contributed by atoms with Gasteiger partial charge >= 0.3 is 0 Å². The summed E-state index contributed by atoms with van der Waals surface area (Å²) in [6.45, 7) is 3.72. The van der Waals surface area contributed by atoms with Gasteiger partial charge in [-0.05, 0) is 24.6 Å². The van der Waals surface area contributed by atoms with Crippen molar-refractivity contribution >= 4 is 0 Å². The molecular weight excluding hydrogens is 222 g/mol. The predicted octanol–water partition coefficient (Wildman–Crippen LogP) is -0.257. The molecule has 7 nitrogen and oxygen atoms in total. The molecule has 0 aliphatic carbocycles. The second kappa shape index (κ2) is 9.03. The van der Waals surface area contributed by atoms with Gasteiger partial charge in [-0.15, -0.1) is 10.2 Å². The third kappa shape index (κ3) is 6.98. The molecule has 1 aromatic heterocycles. The first kappa shape index (κ1) is 14.0. The minimum atomic E-state index is 0.663. The Bertz CT molecular complexity index is 292. The average Bonchev–Trinajstić information content (AvgIpc) is 2.73. The number of tetrazole rings is 1. The summed E-state index contributed by atoms with van der Waals surface area (Å²) in [6, 6.07) is 0. The Morgan fingerprint density at radius 1 is 1.24 bits per heavy atom. The van der Waals surface area contributed by atoms with Gasteiger partial charge in [-0.2, -0.15) is 4.80 Å². The van der Waals surface area contributed by atoms with Crippen LogP contribution < -0.4 is 5.32 Å². The molecule has 0 atom stereocenters. The average molecular weight is 243 g/mol. The van der Waals surface area contributed by atoms with Gasteiger partial charge in [-0.3, -0.25) is 0 Å². The number of unbranched alkanes of at least 4 members (excludes halogenated alkanes) is 1. The summed E-state index contributed by atoms with van der Waals surface area (Å²) in [6.07, 6.45) is 2.12. The van der Waals surface area contributed by atoms with E-state index in [1.54, 1.807) is 14.2 Å².